The highest BCUT2D eigenvalue weighted by Gasteiger charge is 2.18. The quantitative estimate of drug-likeness (QED) is 0.120. The number of aliphatic hydroxyl groups is 1. The zero-order valence-electron chi connectivity index (χ0n) is 19.6. The number of aliphatic hydroxyl groups excluding tert-OH is 1. The van der Waals surface area contributed by atoms with Gasteiger partial charge >= 0.3 is 6.03 Å². The van der Waals surface area contributed by atoms with Crippen molar-refractivity contribution in [1.29, 1.82) is 0 Å². The van der Waals surface area contributed by atoms with Gasteiger partial charge in [-0.2, -0.15) is 0 Å². The van der Waals surface area contributed by atoms with E-state index in [-0.39, 0.29) is 23.5 Å². The number of hydrogen-bond donors (Lipinski definition) is 7. The molecule has 10 N–H and O–H groups in total. The van der Waals surface area contributed by atoms with E-state index in [1.54, 1.807) is 17.2 Å². The highest BCUT2D eigenvalue weighted by Crippen LogP contribution is 2.14. The fourth-order valence-corrected chi connectivity index (χ4v) is 3.42. The van der Waals surface area contributed by atoms with E-state index in [0.717, 1.165) is 50.8 Å². The second-order valence-electron chi connectivity index (χ2n) is 8.01. The van der Waals surface area contributed by atoms with Crippen molar-refractivity contribution in [2.24, 2.45) is 27.2 Å². The third kappa shape index (κ3) is 10.7. The van der Waals surface area contributed by atoms with Crippen LogP contribution in [0.4, 0.5) is 19.3 Å². The number of nitrogens with zero attached hydrogens (tertiary/aromatic N) is 3. The van der Waals surface area contributed by atoms with Crippen molar-refractivity contribution in [2.45, 2.75) is 44.5 Å². The van der Waals surface area contributed by atoms with Gasteiger partial charge in [0.25, 0.3) is 0 Å². The van der Waals surface area contributed by atoms with Crippen LogP contribution in [0.5, 0.6) is 0 Å². The molecule has 0 aromatic heterocycles. The SMILES string of the molecule is NCCCN[C@@H](CCCN=C(N)N)CCCN1C=CC(NC(=O)Nc2ccc(F)c(F)c2)=NC1O. The fourth-order valence-electron chi connectivity index (χ4n) is 3.42. The minimum atomic E-state index is -1.16. The van der Waals surface area contributed by atoms with E-state index >= 15 is 0 Å². The first-order chi connectivity index (χ1) is 16.8. The molecule has 1 aromatic carbocycles. The molecule has 2 rings (SSSR count). The molecular weight excluding hydrogens is 460 g/mol. The molecule has 2 atom stereocenters. The first-order valence-corrected chi connectivity index (χ1v) is 11.5. The number of anilines is 1. The second kappa shape index (κ2) is 14.9. The number of aliphatic imine (C=N–C) groups is 2. The molecule has 0 aliphatic carbocycles. The zero-order chi connectivity index (χ0) is 25.6. The van der Waals surface area contributed by atoms with Crippen molar-refractivity contribution in [3.63, 3.8) is 0 Å². The largest absolute Gasteiger partial charge is 0.370 e. The lowest BCUT2D eigenvalue weighted by atomic mass is 10.1. The Kier molecular flexibility index (Phi) is 11.9. The minimum absolute atomic E-state index is 0.0805. The van der Waals surface area contributed by atoms with E-state index in [0.29, 0.717) is 19.6 Å². The van der Waals surface area contributed by atoms with E-state index in [2.05, 4.69) is 25.9 Å². The number of rotatable bonds is 13. The number of carbonyl (C=O) groups is 1. The molecule has 0 bridgehead atoms. The van der Waals surface area contributed by atoms with Gasteiger partial charge in [-0.15, -0.1) is 0 Å². The maximum Gasteiger partial charge on any atom is 0.324 e. The van der Waals surface area contributed by atoms with Crippen molar-refractivity contribution in [2.75, 3.05) is 31.5 Å². The van der Waals surface area contributed by atoms with Crippen molar-refractivity contribution < 1.29 is 18.7 Å². The molecule has 11 nitrogen and oxygen atoms in total. The summed E-state index contributed by atoms with van der Waals surface area (Å²) in [7, 11) is 0. The molecule has 1 aliphatic heterocycles. The lowest BCUT2D eigenvalue weighted by Gasteiger charge is -2.28. The Balaban J connectivity index is 1.77. The van der Waals surface area contributed by atoms with Gasteiger partial charge in [-0.3, -0.25) is 10.3 Å². The monoisotopic (exact) mass is 495 g/mol. The number of hydrogen-bond acceptors (Lipinski definition) is 7. The first-order valence-electron chi connectivity index (χ1n) is 11.5. The van der Waals surface area contributed by atoms with Crippen molar-refractivity contribution in [3.8, 4) is 0 Å². The Morgan fingerprint density at radius 2 is 1.94 bits per heavy atom. The van der Waals surface area contributed by atoms with Gasteiger partial charge in [0.1, 0.15) is 5.84 Å². The Hall–Kier alpha value is -3.29. The number of urea groups is 1. The third-order valence-corrected chi connectivity index (χ3v) is 5.18. The lowest BCUT2D eigenvalue weighted by molar-refractivity contribution is 0.0422. The summed E-state index contributed by atoms with van der Waals surface area (Å²) in [4.78, 5) is 21.8. The molecule has 0 saturated heterocycles. The van der Waals surface area contributed by atoms with Crippen LogP contribution >= 0.6 is 0 Å². The number of amidine groups is 1. The van der Waals surface area contributed by atoms with Crippen LogP contribution in [-0.4, -0.2) is 66.4 Å². The molecule has 0 spiro atoms. The topological polar surface area (TPSA) is 179 Å². The highest BCUT2D eigenvalue weighted by molar-refractivity contribution is 6.07. The zero-order valence-corrected chi connectivity index (χ0v) is 19.6. The van der Waals surface area contributed by atoms with Gasteiger partial charge in [-0.25, -0.2) is 18.6 Å². The van der Waals surface area contributed by atoms with Crippen LogP contribution in [0.2, 0.25) is 0 Å². The summed E-state index contributed by atoms with van der Waals surface area (Å²) in [6.45, 7) is 2.56. The molecule has 2 amide bonds. The third-order valence-electron chi connectivity index (χ3n) is 5.18. The minimum Gasteiger partial charge on any atom is -0.370 e. The molecule has 194 valence electrons. The van der Waals surface area contributed by atoms with Gasteiger partial charge in [0.05, 0.1) is 0 Å². The number of guanidine groups is 1. The molecular formula is C22H35F2N9O2. The summed E-state index contributed by atoms with van der Waals surface area (Å²) in [6.07, 6.45) is 6.31. The van der Waals surface area contributed by atoms with Gasteiger partial charge in [-0.05, 0) is 63.4 Å². The Bertz CT molecular complexity index is 907. The molecule has 35 heavy (non-hydrogen) atoms. The molecule has 1 aromatic rings. The number of benzene rings is 1. The smallest absolute Gasteiger partial charge is 0.324 e. The maximum absolute atomic E-state index is 13.3. The molecule has 1 aliphatic rings. The van der Waals surface area contributed by atoms with Gasteiger partial charge in [0.15, 0.2) is 17.6 Å². The van der Waals surface area contributed by atoms with Crippen molar-refractivity contribution in [3.05, 3.63) is 42.1 Å². The predicted molar refractivity (Wildman–Crippen MR) is 132 cm³/mol. The van der Waals surface area contributed by atoms with Crippen LogP contribution in [0.15, 0.2) is 40.5 Å². The Morgan fingerprint density at radius 3 is 2.63 bits per heavy atom. The average Bonchev–Trinajstić information content (AvgIpc) is 2.80. The summed E-state index contributed by atoms with van der Waals surface area (Å²) < 4.78 is 26.3. The van der Waals surface area contributed by atoms with E-state index in [1.165, 1.54) is 6.07 Å². The Morgan fingerprint density at radius 1 is 1.17 bits per heavy atom. The number of nitrogens with two attached hydrogens (primary N) is 3. The van der Waals surface area contributed by atoms with Gasteiger partial charge in [0.2, 0.25) is 6.35 Å². The second-order valence-corrected chi connectivity index (χ2v) is 8.01. The molecule has 0 fully saturated rings. The highest BCUT2D eigenvalue weighted by atomic mass is 19.2. The fraction of sp³-hybridized carbons (Fsp3) is 0.500. The lowest BCUT2D eigenvalue weighted by Crippen LogP contribution is -2.40. The van der Waals surface area contributed by atoms with Gasteiger partial charge < -0.3 is 37.8 Å². The van der Waals surface area contributed by atoms with Crippen LogP contribution in [0.3, 0.4) is 0 Å². The summed E-state index contributed by atoms with van der Waals surface area (Å²) in [5.41, 5.74) is 16.4. The predicted octanol–water partition coefficient (Wildman–Crippen LogP) is 0.731. The van der Waals surface area contributed by atoms with E-state index in [1.807, 2.05) is 0 Å². The molecule has 1 unspecified atom stereocenters. The van der Waals surface area contributed by atoms with Crippen LogP contribution in [-0.2, 0) is 0 Å². The molecule has 13 heteroatoms. The summed E-state index contributed by atoms with van der Waals surface area (Å²) >= 11 is 0. The van der Waals surface area contributed by atoms with E-state index < -0.39 is 24.0 Å². The van der Waals surface area contributed by atoms with Crippen LogP contribution < -0.4 is 33.2 Å². The first kappa shape index (κ1) is 28.0. The van der Waals surface area contributed by atoms with Gasteiger partial charge in [-0.1, -0.05) is 0 Å². The van der Waals surface area contributed by atoms with Crippen molar-refractivity contribution in [1.82, 2.24) is 15.5 Å². The van der Waals surface area contributed by atoms with Gasteiger partial charge in [0, 0.05) is 37.1 Å². The molecule has 0 radical (unpaired) electrons. The average molecular weight is 496 g/mol. The number of nitrogens with one attached hydrogen (secondary N) is 3. The van der Waals surface area contributed by atoms with E-state index in [4.69, 9.17) is 17.2 Å². The molecule has 1 heterocycles. The normalized spacial score (nSPS) is 15.9. The number of halogens is 2. The van der Waals surface area contributed by atoms with Crippen molar-refractivity contribution >= 4 is 23.5 Å². The van der Waals surface area contributed by atoms with Crippen LogP contribution in [0, 0.1) is 11.6 Å². The molecule has 0 saturated carbocycles. The summed E-state index contributed by atoms with van der Waals surface area (Å²) in [5.74, 6) is -1.87. The van der Waals surface area contributed by atoms with Crippen LogP contribution in [0.1, 0.15) is 32.1 Å². The van der Waals surface area contributed by atoms with E-state index in [9.17, 15) is 18.7 Å². The van der Waals surface area contributed by atoms with Crippen LogP contribution in [0.25, 0.3) is 0 Å². The number of carbonyl (C=O) groups excluding carboxylic acids is 1. The summed E-state index contributed by atoms with van der Waals surface area (Å²) in [5, 5.41) is 18.7. The summed E-state index contributed by atoms with van der Waals surface area (Å²) in [6, 6.07) is 2.57. The maximum atomic E-state index is 13.3. The number of amides is 2. The Labute approximate surface area is 203 Å². The standard InChI is InChI=1S/C22H35F2N9O2/c23-17-7-6-16(14-18(17)24)30-21(34)31-19-8-13-33(22(35)32-19)12-2-5-15(28-11-3-9-25)4-1-10-29-20(26)27/h6-8,13-15,22,28,35H,1-5,9-12,25H2,(H4,26,27,29)(H2,30,31,32,34)/t15-,22?/m0/s1.